The molecule has 3 heteroatoms. The third-order valence-corrected chi connectivity index (χ3v) is 4.02. The van der Waals surface area contributed by atoms with Crippen LogP contribution in [0.25, 0.3) is 33.2 Å². The van der Waals surface area contributed by atoms with Crippen LogP contribution in [-0.2, 0) is 0 Å². The molecule has 1 aromatic carbocycles. The molecule has 0 saturated heterocycles. The number of pyridine rings is 2. The van der Waals surface area contributed by atoms with Crippen molar-refractivity contribution in [3.63, 3.8) is 0 Å². The van der Waals surface area contributed by atoms with Gasteiger partial charge in [-0.3, -0.25) is 9.97 Å². The van der Waals surface area contributed by atoms with Gasteiger partial charge in [0.2, 0.25) is 0 Å². The van der Waals surface area contributed by atoms with E-state index in [1.165, 1.54) is 5.56 Å². The Morgan fingerprint density at radius 1 is 1.00 bits per heavy atom. The molecule has 0 aliphatic rings. The standard InChI is InChI=1S/C19H16N2O/c1-12(2)13-6-9-21-17(10-13)15-5-3-4-14-16-11-20-8-7-18(16)22-19(14)15/h3-12H,1-2H3. The molecule has 3 nitrogen and oxygen atoms in total. The number of para-hydroxylation sites is 1. The Bertz CT molecular complexity index is 969. The van der Waals surface area contributed by atoms with E-state index in [4.69, 9.17) is 4.42 Å². The zero-order valence-corrected chi connectivity index (χ0v) is 12.6. The van der Waals surface area contributed by atoms with Crippen LogP contribution in [0.4, 0.5) is 0 Å². The molecular weight excluding hydrogens is 272 g/mol. The number of aromatic nitrogens is 2. The van der Waals surface area contributed by atoms with Crippen LogP contribution in [0, 0.1) is 0 Å². The molecule has 0 saturated carbocycles. The predicted molar refractivity (Wildman–Crippen MR) is 88.8 cm³/mol. The largest absolute Gasteiger partial charge is 0.455 e. The second-order valence-corrected chi connectivity index (χ2v) is 5.79. The van der Waals surface area contributed by atoms with Gasteiger partial charge in [-0.15, -0.1) is 0 Å². The lowest BCUT2D eigenvalue weighted by atomic mass is 10.0. The van der Waals surface area contributed by atoms with Gasteiger partial charge in [0.15, 0.2) is 0 Å². The van der Waals surface area contributed by atoms with Gasteiger partial charge in [-0.1, -0.05) is 26.0 Å². The molecule has 108 valence electrons. The van der Waals surface area contributed by atoms with Crippen molar-refractivity contribution in [2.75, 3.05) is 0 Å². The highest BCUT2D eigenvalue weighted by atomic mass is 16.3. The fourth-order valence-corrected chi connectivity index (χ4v) is 2.80. The smallest absolute Gasteiger partial charge is 0.144 e. The Balaban J connectivity index is 2.01. The number of fused-ring (bicyclic) bond motifs is 3. The quantitative estimate of drug-likeness (QED) is 0.511. The van der Waals surface area contributed by atoms with Crippen molar-refractivity contribution in [2.45, 2.75) is 19.8 Å². The second kappa shape index (κ2) is 4.95. The van der Waals surface area contributed by atoms with Crippen LogP contribution in [-0.4, -0.2) is 9.97 Å². The summed E-state index contributed by atoms with van der Waals surface area (Å²) in [6.45, 7) is 4.37. The van der Waals surface area contributed by atoms with E-state index < -0.39 is 0 Å². The van der Waals surface area contributed by atoms with E-state index in [1.54, 1.807) is 6.20 Å². The summed E-state index contributed by atoms with van der Waals surface area (Å²) in [5.74, 6) is 0.473. The molecule has 3 heterocycles. The molecule has 3 aromatic heterocycles. The summed E-state index contributed by atoms with van der Waals surface area (Å²) in [6.07, 6.45) is 5.47. The first kappa shape index (κ1) is 13.0. The highest BCUT2D eigenvalue weighted by Crippen LogP contribution is 2.35. The van der Waals surface area contributed by atoms with Crippen LogP contribution in [0.3, 0.4) is 0 Å². The molecule has 4 rings (SSSR count). The average molecular weight is 288 g/mol. The molecular formula is C19H16N2O. The summed E-state index contributed by atoms with van der Waals surface area (Å²) >= 11 is 0. The molecule has 0 aliphatic heterocycles. The molecule has 0 amide bonds. The minimum absolute atomic E-state index is 0.473. The summed E-state index contributed by atoms with van der Waals surface area (Å²) < 4.78 is 6.06. The summed E-state index contributed by atoms with van der Waals surface area (Å²) in [6, 6.07) is 12.3. The molecule has 0 fully saturated rings. The highest BCUT2D eigenvalue weighted by molar-refractivity contribution is 6.08. The maximum Gasteiger partial charge on any atom is 0.144 e. The Morgan fingerprint density at radius 2 is 1.91 bits per heavy atom. The molecule has 22 heavy (non-hydrogen) atoms. The highest BCUT2D eigenvalue weighted by Gasteiger charge is 2.13. The monoisotopic (exact) mass is 288 g/mol. The Morgan fingerprint density at radius 3 is 2.77 bits per heavy atom. The predicted octanol–water partition coefficient (Wildman–Crippen LogP) is 5.17. The van der Waals surface area contributed by atoms with Crippen molar-refractivity contribution < 1.29 is 4.42 Å². The Hall–Kier alpha value is -2.68. The van der Waals surface area contributed by atoms with E-state index in [0.717, 1.165) is 33.2 Å². The molecule has 0 N–H and O–H groups in total. The lowest BCUT2D eigenvalue weighted by Crippen LogP contribution is -1.90. The minimum atomic E-state index is 0.473. The van der Waals surface area contributed by atoms with Crippen molar-refractivity contribution in [3.05, 3.63) is 60.6 Å². The van der Waals surface area contributed by atoms with Crippen molar-refractivity contribution >= 4 is 21.9 Å². The second-order valence-electron chi connectivity index (χ2n) is 5.79. The molecule has 0 unspecified atom stereocenters. The number of rotatable bonds is 2. The zero-order chi connectivity index (χ0) is 15.1. The number of nitrogens with zero attached hydrogens (tertiary/aromatic N) is 2. The van der Waals surface area contributed by atoms with Gasteiger partial charge < -0.3 is 4.42 Å². The van der Waals surface area contributed by atoms with Crippen molar-refractivity contribution in [1.29, 1.82) is 0 Å². The van der Waals surface area contributed by atoms with Crippen LogP contribution in [0.15, 0.2) is 59.4 Å². The summed E-state index contributed by atoms with van der Waals surface area (Å²) in [4.78, 5) is 8.74. The SMILES string of the molecule is CC(C)c1ccnc(-c2cccc3c2oc2ccncc23)c1. The fourth-order valence-electron chi connectivity index (χ4n) is 2.80. The topological polar surface area (TPSA) is 38.9 Å². The first-order valence-corrected chi connectivity index (χ1v) is 7.45. The van der Waals surface area contributed by atoms with Crippen LogP contribution < -0.4 is 0 Å². The van der Waals surface area contributed by atoms with Gasteiger partial charge in [0, 0.05) is 34.9 Å². The zero-order valence-electron chi connectivity index (χ0n) is 12.6. The first-order chi connectivity index (χ1) is 10.7. The molecule has 0 atom stereocenters. The lowest BCUT2D eigenvalue weighted by molar-refractivity contribution is 0.669. The van der Waals surface area contributed by atoms with E-state index in [-0.39, 0.29) is 0 Å². The van der Waals surface area contributed by atoms with Crippen LogP contribution in [0.1, 0.15) is 25.3 Å². The molecule has 0 aliphatic carbocycles. The molecule has 4 aromatic rings. The van der Waals surface area contributed by atoms with Gasteiger partial charge in [0.05, 0.1) is 5.69 Å². The molecule has 0 spiro atoms. The number of hydrogen-bond donors (Lipinski definition) is 0. The maximum absolute atomic E-state index is 6.06. The minimum Gasteiger partial charge on any atom is -0.455 e. The van der Waals surface area contributed by atoms with Crippen molar-refractivity contribution in [2.24, 2.45) is 0 Å². The summed E-state index contributed by atoms with van der Waals surface area (Å²) in [7, 11) is 0. The Labute approximate surface area is 128 Å². The fraction of sp³-hybridized carbons (Fsp3) is 0.158. The Kier molecular flexibility index (Phi) is 2.93. The van der Waals surface area contributed by atoms with E-state index in [9.17, 15) is 0 Å². The average Bonchev–Trinajstić information content (AvgIpc) is 2.93. The molecule has 0 radical (unpaired) electrons. The van der Waals surface area contributed by atoms with E-state index in [0.29, 0.717) is 5.92 Å². The first-order valence-electron chi connectivity index (χ1n) is 7.45. The van der Waals surface area contributed by atoms with Gasteiger partial charge in [-0.25, -0.2) is 0 Å². The van der Waals surface area contributed by atoms with Gasteiger partial charge in [0.25, 0.3) is 0 Å². The third-order valence-electron chi connectivity index (χ3n) is 4.02. The van der Waals surface area contributed by atoms with Gasteiger partial charge in [-0.2, -0.15) is 0 Å². The van der Waals surface area contributed by atoms with Crippen LogP contribution in [0.5, 0.6) is 0 Å². The molecule has 0 bridgehead atoms. The van der Waals surface area contributed by atoms with E-state index >= 15 is 0 Å². The van der Waals surface area contributed by atoms with E-state index in [2.05, 4.69) is 48.1 Å². The lowest BCUT2D eigenvalue weighted by Gasteiger charge is -2.07. The number of hydrogen-bond acceptors (Lipinski definition) is 3. The third kappa shape index (κ3) is 1.98. The maximum atomic E-state index is 6.06. The van der Waals surface area contributed by atoms with Crippen molar-refractivity contribution in [3.8, 4) is 11.3 Å². The normalized spacial score (nSPS) is 11.6. The van der Waals surface area contributed by atoms with Gasteiger partial charge in [0.1, 0.15) is 11.2 Å². The number of furan rings is 1. The van der Waals surface area contributed by atoms with Crippen LogP contribution in [0.2, 0.25) is 0 Å². The number of benzene rings is 1. The van der Waals surface area contributed by atoms with E-state index in [1.807, 2.05) is 24.5 Å². The van der Waals surface area contributed by atoms with Crippen molar-refractivity contribution in [1.82, 2.24) is 9.97 Å². The van der Waals surface area contributed by atoms with Crippen LogP contribution >= 0.6 is 0 Å². The summed E-state index contributed by atoms with van der Waals surface area (Å²) in [5, 5.41) is 2.12. The van der Waals surface area contributed by atoms with Gasteiger partial charge in [-0.05, 0) is 35.7 Å². The van der Waals surface area contributed by atoms with Gasteiger partial charge >= 0.3 is 0 Å². The summed E-state index contributed by atoms with van der Waals surface area (Å²) in [5.41, 5.74) is 4.98.